The highest BCUT2D eigenvalue weighted by atomic mass is 16.5. The van der Waals surface area contributed by atoms with Crippen molar-refractivity contribution in [3.63, 3.8) is 0 Å². The molecule has 0 spiro atoms. The van der Waals surface area contributed by atoms with Gasteiger partial charge in [0.1, 0.15) is 11.5 Å². The molecule has 0 unspecified atom stereocenters. The van der Waals surface area contributed by atoms with Crippen LogP contribution in [0.15, 0.2) is 48.5 Å². The van der Waals surface area contributed by atoms with Crippen LogP contribution in [0.3, 0.4) is 0 Å². The topological polar surface area (TPSA) is 59.6 Å². The quantitative estimate of drug-likeness (QED) is 0.810. The standard InChI is InChI=1S/C20H26N2O3/c1-20(2,16-7-11-18(25-4)12-8-16)14-22-19(23)21-13-15-5-9-17(24-3)10-6-15/h5-12H,13-14H2,1-4H3,(H2,21,22,23). The zero-order valence-electron chi connectivity index (χ0n) is 15.3. The van der Waals surface area contributed by atoms with E-state index in [4.69, 9.17) is 9.47 Å². The molecule has 0 saturated carbocycles. The lowest BCUT2D eigenvalue weighted by molar-refractivity contribution is 0.238. The van der Waals surface area contributed by atoms with Crippen molar-refractivity contribution in [2.45, 2.75) is 25.8 Å². The van der Waals surface area contributed by atoms with Crippen molar-refractivity contribution < 1.29 is 14.3 Å². The molecule has 0 heterocycles. The molecule has 25 heavy (non-hydrogen) atoms. The first kappa shape index (κ1) is 18.6. The molecule has 0 radical (unpaired) electrons. The SMILES string of the molecule is COc1ccc(CNC(=O)NCC(C)(C)c2ccc(OC)cc2)cc1. The van der Waals surface area contributed by atoms with Gasteiger partial charge in [-0.15, -0.1) is 0 Å². The molecule has 2 N–H and O–H groups in total. The maximum Gasteiger partial charge on any atom is 0.315 e. The van der Waals surface area contributed by atoms with Crippen LogP contribution < -0.4 is 20.1 Å². The van der Waals surface area contributed by atoms with Crippen LogP contribution in [-0.4, -0.2) is 26.8 Å². The fraction of sp³-hybridized carbons (Fsp3) is 0.350. The Morgan fingerprint density at radius 3 is 1.92 bits per heavy atom. The molecular weight excluding hydrogens is 316 g/mol. The molecule has 0 fully saturated rings. The van der Waals surface area contributed by atoms with Gasteiger partial charge in [0.15, 0.2) is 0 Å². The molecule has 2 amide bonds. The first-order chi connectivity index (χ1) is 11.9. The number of benzene rings is 2. The number of ether oxygens (including phenoxy) is 2. The molecule has 0 aliphatic rings. The van der Waals surface area contributed by atoms with E-state index in [2.05, 4.69) is 24.5 Å². The summed E-state index contributed by atoms with van der Waals surface area (Å²) in [4.78, 5) is 12.1. The fourth-order valence-corrected chi connectivity index (χ4v) is 2.43. The highest BCUT2D eigenvalue weighted by molar-refractivity contribution is 5.74. The number of rotatable bonds is 7. The molecule has 0 aromatic heterocycles. The molecule has 2 rings (SSSR count). The van der Waals surface area contributed by atoms with Crippen LogP contribution in [0.5, 0.6) is 11.5 Å². The Kier molecular flexibility index (Phi) is 6.28. The highest BCUT2D eigenvalue weighted by Gasteiger charge is 2.21. The lowest BCUT2D eigenvalue weighted by Gasteiger charge is -2.26. The molecule has 2 aromatic carbocycles. The highest BCUT2D eigenvalue weighted by Crippen LogP contribution is 2.24. The van der Waals surface area contributed by atoms with Gasteiger partial charge in [0.25, 0.3) is 0 Å². The Balaban J connectivity index is 1.82. The van der Waals surface area contributed by atoms with Crippen molar-refractivity contribution in [1.29, 1.82) is 0 Å². The van der Waals surface area contributed by atoms with E-state index in [0.29, 0.717) is 13.1 Å². The van der Waals surface area contributed by atoms with Crippen LogP contribution in [0.1, 0.15) is 25.0 Å². The Labute approximate surface area is 149 Å². The third kappa shape index (κ3) is 5.41. The van der Waals surface area contributed by atoms with Gasteiger partial charge in [0, 0.05) is 18.5 Å². The molecule has 0 saturated heterocycles. The second-order valence-corrected chi connectivity index (χ2v) is 6.50. The number of methoxy groups -OCH3 is 2. The van der Waals surface area contributed by atoms with Crippen LogP contribution in [0, 0.1) is 0 Å². The molecule has 0 aliphatic heterocycles. The Hall–Kier alpha value is -2.69. The second-order valence-electron chi connectivity index (χ2n) is 6.50. The van der Waals surface area contributed by atoms with Gasteiger partial charge in [-0.2, -0.15) is 0 Å². The van der Waals surface area contributed by atoms with Gasteiger partial charge in [-0.25, -0.2) is 4.79 Å². The van der Waals surface area contributed by atoms with Crippen LogP contribution in [0.2, 0.25) is 0 Å². The summed E-state index contributed by atoms with van der Waals surface area (Å²) in [5, 5.41) is 5.80. The van der Waals surface area contributed by atoms with Crippen LogP contribution >= 0.6 is 0 Å². The minimum absolute atomic E-state index is 0.177. The van der Waals surface area contributed by atoms with E-state index in [0.717, 1.165) is 22.6 Å². The van der Waals surface area contributed by atoms with E-state index < -0.39 is 0 Å². The van der Waals surface area contributed by atoms with Crippen molar-refractivity contribution in [1.82, 2.24) is 10.6 Å². The van der Waals surface area contributed by atoms with Gasteiger partial charge >= 0.3 is 6.03 Å². The van der Waals surface area contributed by atoms with E-state index in [1.54, 1.807) is 14.2 Å². The predicted octanol–water partition coefficient (Wildman–Crippen LogP) is 3.48. The average Bonchev–Trinajstić information content (AvgIpc) is 2.65. The number of nitrogens with one attached hydrogen (secondary N) is 2. The maximum atomic E-state index is 12.1. The van der Waals surface area contributed by atoms with Crippen LogP contribution in [0.25, 0.3) is 0 Å². The van der Waals surface area contributed by atoms with E-state index >= 15 is 0 Å². The van der Waals surface area contributed by atoms with Gasteiger partial charge in [0.2, 0.25) is 0 Å². The summed E-state index contributed by atoms with van der Waals surface area (Å²) in [5.41, 5.74) is 1.98. The first-order valence-electron chi connectivity index (χ1n) is 8.24. The van der Waals surface area contributed by atoms with E-state index in [9.17, 15) is 4.79 Å². The van der Waals surface area contributed by atoms with Crippen molar-refractivity contribution >= 4 is 6.03 Å². The first-order valence-corrected chi connectivity index (χ1v) is 8.24. The summed E-state index contributed by atoms with van der Waals surface area (Å²) >= 11 is 0. The summed E-state index contributed by atoms with van der Waals surface area (Å²) in [6.45, 7) is 5.20. The summed E-state index contributed by atoms with van der Waals surface area (Å²) in [7, 11) is 3.28. The van der Waals surface area contributed by atoms with Gasteiger partial charge in [0.05, 0.1) is 14.2 Å². The average molecular weight is 342 g/mol. The zero-order valence-corrected chi connectivity index (χ0v) is 15.3. The summed E-state index contributed by atoms with van der Waals surface area (Å²) in [6.07, 6.45) is 0. The minimum atomic E-state index is -0.183. The van der Waals surface area contributed by atoms with E-state index in [1.165, 1.54) is 0 Å². The normalized spacial score (nSPS) is 10.9. The fourth-order valence-electron chi connectivity index (χ4n) is 2.43. The number of carbonyl (C=O) groups excluding carboxylic acids is 1. The van der Waals surface area contributed by atoms with Crippen molar-refractivity contribution in [2.24, 2.45) is 0 Å². The van der Waals surface area contributed by atoms with Crippen molar-refractivity contribution in [2.75, 3.05) is 20.8 Å². The predicted molar refractivity (Wildman–Crippen MR) is 99.3 cm³/mol. The molecule has 0 bridgehead atoms. The minimum Gasteiger partial charge on any atom is -0.497 e. The molecule has 2 aromatic rings. The lowest BCUT2D eigenvalue weighted by Crippen LogP contribution is -2.42. The third-order valence-corrected chi connectivity index (χ3v) is 4.17. The molecule has 0 atom stereocenters. The number of urea groups is 1. The van der Waals surface area contributed by atoms with E-state index in [1.807, 2.05) is 48.5 Å². The Bertz CT molecular complexity index is 679. The van der Waals surface area contributed by atoms with Crippen molar-refractivity contribution in [3.05, 3.63) is 59.7 Å². The van der Waals surface area contributed by atoms with Crippen LogP contribution in [-0.2, 0) is 12.0 Å². The summed E-state index contributed by atoms with van der Waals surface area (Å²) < 4.78 is 10.3. The number of hydrogen-bond acceptors (Lipinski definition) is 3. The largest absolute Gasteiger partial charge is 0.497 e. The van der Waals surface area contributed by atoms with Gasteiger partial charge < -0.3 is 20.1 Å². The van der Waals surface area contributed by atoms with Gasteiger partial charge in [-0.3, -0.25) is 0 Å². The molecular formula is C20H26N2O3. The number of amides is 2. The number of hydrogen-bond donors (Lipinski definition) is 2. The third-order valence-electron chi connectivity index (χ3n) is 4.17. The Morgan fingerprint density at radius 2 is 1.40 bits per heavy atom. The number of carbonyl (C=O) groups is 1. The van der Waals surface area contributed by atoms with Crippen LogP contribution in [0.4, 0.5) is 4.79 Å². The Morgan fingerprint density at radius 1 is 0.880 bits per heavy atom. The molecule has 134 valence electrons. The maximum absolute atomic E-state index is 12.1. The van der Waals surface area contributed by atoms with Crippen molar-refractivity contribution in [3.8, 4) is 11.5 Å². The monoisotopic (exact) mass is 342 g/mol. The van der Waals surface area contributed by atoms with E-state index in [-0.39, 0.29) is 11.4 Å². The smallest absolute Gasteiger partial charge is 0.315 e. The molecule has 5 heteroatoms. The van der Waals surface area contributed by atoms with Gasteiger partial charge in [-0.1, -0.05) is 38.1 Å². The summed E-state index contributed by atoms with van der Waals surface area (Å²) in [6, 6.07) is 15.3. The summed E-state index contributed by atoms with van der Waals surface area (Å²) in [5.74, 6) is 1.62. The zero-order chi connectivity index (χ0) is 18.3. The molecule has 0 aliphatic carbocycles. The van der Waals surface area contributed by atoms with Gasteiger partial charge in [-0.05, 0) is 35.4 Å². The second kappa shape index (κ2) is 8.42. The lowest BCUT2D eigenvalue weighted by atomic mass is 9.84. The molecule has 5 nitrogen and oxygen atoms in total.